The number of benzene rings is 1. The number of amides is 1. The molecule has 0 aliphatic rings. The Morgan fingerprint density at radius 3 is 2.57 bits per heavy atom. The minimum absolute atomic E-state index is 0.0664. The van der Waals surface area contributed by atoms with Crippen LogP contribution in [0.3, 0.4) is 0 Å². The van der Waals surface area contributed by atoms with E-state index >= 15 is 0 Å². The molecule has 0 spiro atoms. The second-order valence-electron chi connectivity index (χ2n) is 5.71. The van der Waals surface area contributed by atoms with Crippen molar-refractivity contribution in [1.82, 2.24) is 4.90 Å². The molecule has 1 rings (SSSR count). The molecule has 0 radical (unpaired) electrons. The van der Waals surface area contributed by atoms with Crippen molar-refractivity contribution in [2.75, 3.05) is 20.7 Å². The van der Waals surface area contributed by atoms with E-state index in [1.54, 1.807) is 13.0 Å². The first-order valence-electron chi connectivity index (χ1n) is 7.92. The summed E-state index contributed by atoms with van der Waals surface area (Å²) in [6.45, 7) is 1.49. The van der Waals surface area contributed by atoms with Gasteiger partial charge in [-0.25, -0.2) is 0 Å². The Labute approximate surface area is 161 Å². The Balaban J connectivity index is 3.29. The average Bonchev–Trinajstić information content (AvgIpc) is 2.65. The Morgan fingerprint density at radius 2 is 2.07 bits per heavy atom. The van der Waals surface area contributed by atoms with Crippen LogP contribution in [0.5, 0.6) is 11.5 Å². The zero-order chi connectivity index (χ0) is 21.4. The van der Waals surface area contributed by atoms with Crippen LogP contribution in [-0.4, -0.2) is 57.9 Å². The number of hydrogen-bond donors (Lipinski definition) is 3. The summed E-state index contributed by atoms with van der Waals surface area (Å²) < 4.78 is 4.83. The van der Waals surface area contributed by atoms with Gasteiger partial charge >= 0.3 is 5.69 Å². The number of hydrogen-bond acceptors (Lipinski definition) is 8. The number of phenols is 1. The summed E-state index contributed by atoms with van der Waals surface area (Å²) >= 11 is 0. The Kier molecular flexibility index (Phi) is 7.80. The van der Waals surface area contributed by atoms with Gasteiger partial charge in [0.1, 0.15) is 11.8 Å². The molecule has 1 unspecified atom stereocenters. The van der Waals surface area contributed by atoms with Gasteiger partial charge in [0, 0.05) is 25.1 Å². The Hall–Kier alpha value is -3.76. The number of phenolic OH excluding ortho intramolecular Hbond substituents is 1. The first-order chi connectivity index (χ1) is 13.1. The molecule has 1 amide bonds. The van der Waals surface area contributed by atoms with Crippen molar-refractivity contribution in [3.8, 4) is 29.4 Å². The van der Waals surface area contributed by atoms with E-state index in [1.165, 1.54) is 7.05 Å². The van der Waals surface area contributed by atoms with Crippen LogP contribution in [0, 0.1) is 33.3 Å². The molecule has 0 saturated carbocycles. The second kappa shape index (κ2) is 9.80. The van der Waals surface area contributed by atoms with Crippen LogP contribution in [0.2, 0.25) is 0 Å². The van der Waals surface area contributed by atoms with Crippen LogP contribution in [0.1, 0.15) is 18.9 Å². The maximum atomic E-state index is 12.4. The molecule has 1 aromatic carbocycles. The minimum atomic E-state index is -0.896. The monoisotopic (exact) mass is 389 g/mol. The smallest absolute Gasteiger partial charge is 0.315 e. The topological polar surface area (TPSA) is 157 Å². The third-order valence-corrected chi connectivity index (χ3v) is 3.49. The van der Waals surface area contributed by atoms with E-state index in [9.17, 15) is 30.4 Å². The normalized spacial score (nSPS) is 12.0. The quantitative estimate of drug-likeness (QED) is 0.164. The van der Waals surface area contributed by atoms with E-state index in [4.69, 9.17) is 9.84 Å². The lowest BCUT2D eigenvalue weighted by Crippen LogP contribution is -2.28. The number of nitro benzene ring substituents is 1. The summed E-state index contributed by atoms with van der Waals surface area (Å²) in [5.41, 5.74) is -1.68. The van der Waals surface area contributed by atoms with Crippen LogP contribution >= 0.6 is 0 Å². The molecule has 0 aliphatic carbocycles. The molecule has 1 aromatic rings. The highest BCUT2D eigenvalue weighted by Gasteiger charge is 2.25. The zero-order valence-electron chi connectivity index (χ0n) is 15.5. The molecular weight excluding hydrogens is 370 g/mol. The molecule has 0 aliphatic heterocycles. The number of nitrogens with zero attached hydrogens (tertiary/aromatic N) is 3. The first kappa shape index (κ1) is 22.3. The average molecular weight is 389 g/mol. The largest absolute Gasteiger partial charge is 0.506 e. The van der Waals surface area contributed by atoms with Gasteiger partial charge in [0.05, 0.1) is 24.7 Å². The standard InChI is InChI=1S/C18H19N3O7/c1-11(22)6-4-5-7-20(2)18(25)13(10-19)16(23)12-8-14(21(26)27)17(24)15(9-12)28-3/h8-9,11,22-24H,6-7H2,1-3H3/b16-13-. The summed E-state index contributed by atoms with van der Waals surface area (Å²) in [6.07, 6.45) is -0.405. The molecule has 10 nitrogen and oxygen atoms in total. The third kappa shape index (κ3) is 5.37. The van der Waals surface area contributed by atoms with Crippen molar-refractivity contribution >= 4 is 17.4 Å². The molecule has 0 bridgehead atoms. The van der Waals surface area contributed by atoms with Crippen LogP contribution in [0.15, 0.2) is 17.7 Å². The number of aromatic hydroxyl groups is 1. The van der Waals surface area contributed by atoms with Gasteiger partial charge in [0.15, 0.2) is 11.3 Å². The number of aliphatic hydroxyl groups is 2. The lowest BCUT2D eigenvalue weighted by atomic mass is 10.1. The number of ether oxygens (including phenoxy) is 1. The molecule has 10 heteroatoms. The highest BCUT2D eigenvalue weighted by molar-refractivity contribution is 6.03. The third-order valence-electron chi connectivity index (χ3n) is 3.49. The Morgan fingerprint density at radius 1 is 1.43 bits per heavy atom. The van der Waals surface area contributed by atoms with Gasteiger partial charge in [-0.15, -0.1) is 0 Å². The van der Waals surface area contributed by atoms with Crippen molar-refractivity contribution in [1.29, 1.82) is 5.26 Å². The van der Waals surface area contributed by atoms with E-state index in [-0.39, 0.29) is 24.3 Å². The minimum Gasteiger partial charge on any atom is -0.506 e. The number of aliphatic hydroxyl groups excluding tert-OH is 2. The molecule has 148 valence electrons. The molecule has 0 heterocycles. The lowest BCUT2D eigenvalue weighted by Gasteiger charge is -2.14. The summed E-state index contributed by atoms with van der Waals surface area (Å²) in [5.74, 6) is 2.57. The number of methoxy groups -OCH3 is 1. The maximum absolute atomic E-state index is 12.4. The number of nitriles is 1. The highest BCUT2D eigenvalue weighted by atomic mass is 16.6. The van der Waals surface area contributed by atoms with Gasteiger partial charge in [-0.3, -0.25) is 14.9 Å². The van der Waals surface area contributed by atoms with E-state index < -0.39 is 39.7 Å². The van der Waals surface area contributed by atoms with Crippen molar-refractivity contribution in [3.05, 3.63) is 33.4 Å². The van der Waals surface area contributed by atoms with E-state index in [2.05, 4.69) is 11.8 Å². The van der Waals surface area contributed by atoms with E-state index in [0.29, 0.717) is 0 Å². The van der Waals surface area contributed by atoms with Crippen LogP contribution < -0.4 is 4.74 Å². The Bertz CT molecular complexity index is 904. The predicted octanol–water partition coefficient (Wildman–Crippen LogP) is 1.33. The SMILES string of the molecule is COc1cc(/C(O)=C(\C#N)C(=O)N(C)CC#CCC(C)O)cc([N+](=O)[O-])c1O. The molecule has 28 heavy (non-hydrogen) atoms. The van der Waals surface area contributed by atoms with Gasteiger partial charge in [-0.05, 0) is 13.0 Å². The van der Waals surface area contributed by atoms with Crippen molar-refractivity contribution in [2.45, 2.75) is 19.4 Å². The van der Waals surface area contributed by atoms with Crippen molar-refractivity contribution in [2.24, 2.45) is 0 Å². The summed E-state index contributed by atoms with van der Waals surface area (Å²) in [5, 5.41) is 49.6. The van der Waals surface area contributed by atoms with Crippen molar-refractivity contribution < 1.29 is 29.8 Å². The number of nitro groups is 1. The van der Waals surface area contributed by atoms with Gasteiger partial charge in [0.2, 0.25) is 5.75 Å². The fourth-order valence-electron chi connectivity index (χ4n) is 2.03. The molecular formula is C18H19N3O7. The zero-order valence-corrected chi connectivity index (χ0v) is 15.5. The molecule has 3 N–H and O–H groups in total. The highest BCUT2D eigenvalue weighted by Crippen LogP contribution is 2.38. The number of carbonyl (C=O) groups excluding carboxylic acids is 1. The second-order valence-corrected chi connectivity index (χ2v) is 5.71. The first-order valence-corrected chi connectivity index (χ1v) is 7.92. The predicted molar refractivity (Wildman–Crippen MR) is 98.2 cm³/mol. The van der Waals surface area contributed by atoms with Crippen molar-refractivity contribution in [3.63, 3.8) is 0 Å². The van der Waals surface area contributed by atoms with Crippen LogP contribution in [0.4, 0.5) is 5.69 Å². The van der Waals surface area contributed by atoms with Crippen LogP contribution in [0.25, 0.3) is 5.76 Å². The molecule has 1 atom stereocenters. The lowest BCUT2D eigenvalue weighted by molar-refractivity contribution is -0.386. The number of likely N-dealkylation sites (N-methyl/N-ethyl adjacent to an activating group) is 1. The summed E-state index contributed by atoms with van der Waals surface area (Å²) in [7, 11) is 2.50. The van der Waals surface area contributed by atoms with Gasteiger partial charge in [-0.1, -0.05) is 11.8 Å². The fraction of sp³-hybridized carbons (Fsp3) is 0.333. The van der Waals surface area contributed by atoms with Crippen LogP contribution in [-0.2, 0) is 4.79 Å². The fourth-order valence-corrected chi connectivity index (χ4v) is 2.03. The number of rotatable bonds is 6. The van der Waals surface area contributed by atoms with E-state index in [1.807, 2.05) is 0 Å². The summed E-state index contributed by atoms with van der Waals surface area (Å²) in [4.78, 5) is 23.6. The molecule has 0 aromatic heterocycles. The number of carbonyl (C=O) groups is 1. The van der Waals surface area contributed by atoms with Gasteiger partial charge in [0.25, 0.3) is 5.91 Å². The summed E-state index contributed by atoms with van der Waals surface area (Å²) in [6, 6.07) is 3.45. The molecule has 0 saturated heterocycles. The molecule has 0 fully saturated rings. The van der Waals surface area contributed by atoms with E-state index in [0.717, 1.165) is 24.1 Å². The maximum Gasteiger partial charge on any atom is 0.315 e. The van der Waals surface area contributed by atoms with Gasteiger partial charge in [-0.2, -0.15) is 5.26 Å². The van der Waals surface area contributed by atoms with Gasteiger partial charge < -0.3 is 25.0 Å².